The van der Waals surface area contributed by atoms with Crippen molar-refractivity contribution in [3.05, 3.63) is 83.4 Å². The van der Waals surface area contributed by atoms with E-state index in [0.29, 0.717) is 28.0 Å². The number of halogens is 1. The second-order valence-electron chi connectivity index (χ2n) is 6.12. The van der Waals surface area contributed by atoms with Crippen molar-refractivity contribution >= 4 is 23.2 Å². The van der Waals surface area contributed by atoms with Crippen LogP contribution in [0.4, 0.5) is 5.69 Å². The van der Waals surface area contributed by atoms with Gasteiger partial charge in [-0.2, -0.15) is 0 Å². The molecule has 3 rings (SSSR count). The molecule has 138 valence electrons. The Hall–Kier alpha value is -2.98. The Morgan fingerprint density at radius 1 is 0.963 bits per heavy atom. The van der Waals surface area contributed by atoms with Gasteiger partial charge >= 0.3 is 0 Å². The number of anilines is 1. The molecule has 0 aliphatic heterocycles. The molecule has 0 bridgehead atoms. The van der Waals surface area contributed by atoms with E-state index in [2.05, 4.69) is 5.32 Å². The minimum absolute atomic E-state index is 0.295. The van der Waals surface area contributed by atoms with E-state index in [1.807, 2.05) is 61.5 Å². The number of para-hydroxylation sites is 1. The summed E-state index contributed by atoms with van der Waals surface area (Å²) in [5.74, 6) is 1.52. The molecule has 0 radical (unpaired) electrons. The van der Waals surface area contributed by atoms with Gasteiger partial charge in [0.15, 0.2) is 11.9 Å². The van der Waals surface area contributed by atoms with Crippen LogP contribution in [0.15, 0.2) is 72.8 Å². The van der Waals surface area contributed by atoms with Crippen molar-refractivity contribution < 1.29 is 14.3 Å². The summed E-state index contributed by atoms with van der Waals surface area (Å²) in [6.07, 6.45) is -0.685. The quantitative estimate of drug-likeness (QED) is 0.582. The second kappa shape index (κ2) is 8.60. The Kier molecular flexibility index (Phi) is 5.99. The van der Waals surface area contributed by atoms with Gasteiger partial charge in [0, 0.05) is 5.02 Å². The Labute approximate surface area is 163 Å². The molecule has 0 aromatic heterocycles. The molecular weight excluding hydrogens is 362 g/mol. The molecule has 0 fully saturated rings. The molecule has 4 nitrogen and oxygen atoms in total. The van der Waals surface area contributed by atoms with Crippen LogP contribution in [0.5, 0.6) is 17.2 Å². The van der Waals surface area contributed by atoms with E-state index in [4.69, 9.17) is 21.1 Å². The van der Waals surface area contributed by atoms with Crippen molar-refractivity contribution in [1.82, 2.24) is 0 Å². The van der Waals surface area contributed by atoms with Gasteiger partial charge in [-0.25, -0.2) is 0 Å². The van der Waals surface area contributed by atoms with Crippen molar-refractivity contribution in [2.75, 3.05) is 5.32 Å². The van der Waals surface area contributed by atoms with Gasteiger partial charge in [-0.1, -0.05) is 41.9 Å². The fourth-order valence-electron chi connectivity index (χ4n) is 2.49. The molecule has 0 aliphatic carbocycles. The van der Waals surface area contributed by atoms with Crippen LogP contribution < -0.4 is 14.8 Å². The topological polar surface area (TPSA) is 47.6 Å². The Morgan fingerprint density at radius 3 is 2.44 bits per heavy atom. The largest absolute Gasteiger partial charge is 0.481 e. The molecule has 0 unspecified atom stereocenters. The van der Waals surface area contributed by atoms with E-state index < -0.39 is 6.10 Å². The first kappa shape index (κ1) is 18.8. The van der Waals surface area contributed by atoms with Crippen LogP contribution in [0.2, 0.25) is 5.02 Å². The third-order valence-electron chi connectivity index (χ3n) is 3.84. The number of rotatable bonds is 6. The Balaban J connectivity index is 1.73. The van der Waals surface area contributed by atoms with E-state index in [9.17, 15) is 4.79 Å². The molecule has 0 aliphatic rings. The zero-order valence-corrected chi connectivity index (χ0v) is 15.9. The monoisotopic (exact) mass is 381 g/mol. The highest BCUT2D eigenvalue weighted by molar-refractivity contribution is 6.31. The maximum absolute atomic E-state index is 12.6. The lowest BCUT2D eigenvalue weighted by molar-refractivity contribution is -0.122. The van der Waals surface area contributed by atoms with Crippen molar-refractivity contribution in [1.29, 1.82) is 0 Å². The minimum atomic E-state index is -0.685. The van der Waals surface area contributed by atoms with Gasteiger partial charge in [0.25, 0.3) is 5.91 Å². The van der Waals surface area contributed by atoms with Crippen molar-refractivity contribution in [3.8, 4) is 17.2 Å². The minimum Gasteiger partial charge on any atom is -0.481 e. The summed E-state index contributed by atoms with van der Waals surface area (Å²) < 4.78 is 11.6. The molecular formula is C22H20ClNO3. The molecule has 0 saturated carbocycles. The first-order chi connectivity index (χ1) is 13.0. The van der Waals surface area contributed by atoms with E-state index in [-0.39, 0.29) is 5.91 Å². The van der Waals surface area contributed by atoms with Crippen LogP contribution in [-0.4, -0.2) is 12.0 Å². The first-order valence-corrected chi connectivity index (χ1v) is 8.96. The number of amides is 1. The molecule has 3 aromatic carbocycles. The van der Waals surface area contributed by atoms with Crippen LogP contribution in [0, 0.1) is 6.92 Å². The van der Waals surface area contributed by atoms with Crippen LogP contribution >= 0.6 is 11.6 Å². The van der Waals surface area contributed by atoms with Crippen LogP contribution in [0.3, 0.4) is 0 Å². The number of ether oxygens (including phenoxy) is 2. The van der Waals surface area contributed by atoms with Crippen molar-refractivity contribution in [2.45, 2.75) is 20.0 Å². The Morgan fingerprint density at radius 2 is 1.70 bits per heavy atom. The summed E-state index contributed by atoms with van der Waals surface area (Å²) in [5.41, 5.74) is 1.55. The number of hydrogen-bond acceptors (Lipinski definition) is 3. The molecule has 5 heteroatoms. The SMILES string of the molecule is Cc1cccc(O[C@H](C)C(=O)Nc2cc(Cl)ccc2Oc2ccccc2)c1. The number of hydrogen-bond donors (Lipinski definition) is 1. The highest BCUT2D eigenvalue weighted by Crippen LogP contribution is 2.32. The standard InChI is InChI=1S/C22H20ClNO3/c1-15-7-6-10-19(13-15)26-16(2)22(25)24-20-14-17(23)11-12-21(20)27-18-8-4-3-5-9-18/h3-14,16H,1-2H3,(H,24,25)/t16-/m1/s1. The molecule has 1 amide bonds. The molecule has 0 spiro atoms. The molecule has 0 heterocycles. The predicted molar refractivity (Wildman–Crippen MR) is 108 cm³/mol. The van der Waals surface area contributed by atoms with Gasteiger partial charge in [0.2, 0.25) is 0 Å². The summed E-state index contributed by atoms with van der Waals surface area (Å²) in [4.78, 5) is 12.6. The maximum Gasteiger partial charge on any atom is 0.265 e. The fraction of sp³-hybridized carbons (Fsp3) is 0.136. The number of benzene rings is 3. The summed E-state index contributed by atoms with van der Waals surface area (Å²) >= 11 is 6.09. The lowest BCUT2D eigenvalue weighted by Gasteiger charge is -2.17. The summed E-state index contributed by atoms with van der Waals surface area (Å²) in [6, 6.07) is 22.0. The van der Waals surface area contributed by atoms with E-state index in [1.165, 1.54) is 0 Å². The third kappa shape index (κ3) is 5.25. The number of carbonyl (C=O) groups excluding carboxylic acids is 1. The summed E-state index contributed by atoms with van der Waals surface area (Å²) in [6.45, 7) is 3.66. The lowest BCUT2D eigenvalue weighted by Crippen LogP contribution is -2.30. The molecule has 0 saturated heterocycles. The zero-order valence-electron chi connectivity index (χ0n) is 15.1. The number of nitrogens with one attached hydrogen (secondary N) is 1. The normalized spacial score (nSPS) is 11.5. The zero-order chi connectivity index (χ0) is 19.2. The second-order valence-corrected chi connectivity index (χ2v) is 6.56. The summed E-state index contributed by atoms with van der Waals surface area (Å²) in [5, 5.41) is 3.33. The van der Waals surface area contributed by atoms with Gasteiger partial charge in [-0.15, -0.1) is 0 Å². The lowest BCUT2D eigenvalue weighted by atomic mass is 10.2. The number of carbonyl (C=O) groups is 1. The number of aryl methyl sites for hydroxylation is 1. The Bertz CT molecular complexity index is 928. The van der Waals surface area contributed by atoms with E-state index >= 15 is 0 Å². The van der Waals surface area contributed by atoms with Gasteiger partial charge in [-0.05, 0) is 61.9 Å². The first-order valence-electron chi connectivity index (χ1n) is 8.58. The van der Waals surface area contributed by atoms with Crippen LogP contribution in [-0.2, 0) is 4.79 Å². The van der Waals surface area contributed by atoms with Crippen LogP contribution in [0.1, 0.15) is 12.5 Å². The van der Waals surface area contributed by atoms with Gasteiger partial charge in [0.05, 0.1) is 5.69 Å². The van der Waals surface area contributed by atoms with E-state index in [1.54, 1.807) is 25.1 Å². The maximum atomic E-state index is 12.6. The van der Waals surface area contributed by atoms with Crippen molar-refractivity contribution in [2.24, 2.45) is 0 Å². The highest BCUT2D eigenvalue weighted by Gasteiger charge is 2.17. The third-order valence-corrected chi connectivity index (χ3v) is 4.08. The molecule has 3 aromatic rings. The van der Waals surface area contributed by atoms with Gasteiger partial charge in [0.1, 0.15) is 11.5 Å². The van der Waals surface area contributed by atoms with E-state index in [0.717, 1.165) is 5.56 Å². The van der Waals surface area contributed by atoms with Gasteiger partial charge < -0.3 is 14.8 Å². The fourth-order valence-corrected chi connectivity index (χ4v) is 2.66. The average Bonchev–Trinajstić information content (AvgIpc) is 2.65. The molecule has 27 heavy (non-hydrogen) atoms. The highest BCUT2D eigenvalue weighted by atomic mass is 35.5. The molecule has 1 N–H and O–H groups in total. The van der Waals surface area contributed by atoms with Crippen LogP contribution in [0.25, 0.3) is 0 Å². The summed E-state index contributed by atoms with van der Waals surface area (Å²) in [7, 11) is 0. The van der Waals surface area contributed by atoms with Gasteiger partial charge in [-0.3, -0.25) is 4.79 Å². The smallest absolute Gasteiger partial charge is 0.265 e. The predicted octanol–water partition coefficient (Wildman–Crippen LogP) is 5.85. The van der Waals surface area contributed by atoms with Crippen molar-refractivity contribution in [3.63, 3.8) is 0 Å². The average molecular weight is 382 g/mol. The molecule has 1 atom stereocenters.